The first kappa shape index (κ1) is 27.0. The fraction of sp³-hybridized carbons (Fsp3) is 0.464. The molecule has 206 valence electrons. The molecule has 2 aliphatic heterocycles. The summed E-state index contributed by atoms with van der Waals surface area (Å²) in [5, 5.41) is 3.08. The van der Waals surface area contributed by atoms with Crippen LogP contribution >= 0.6 is 0 Å². The van der Waals surface area contributed by atoms with Crippen LogP contribution in [0.25, 0.3) is 0 Å². The van der Waals surface area contributed by atoms with Crippen molar-refractivity contribution in [3.05, 3.63) is 65.9 Å². The molecule has 1 saturated heterocycles. The molecule has 5 heterocycles. The smallest absolute Gasteiger partial charge is 0.281 e. The number of carbonyl (C=O) groups is 1. The van der Waals surface area contributed by atoms with E-state index in [1.807, 2.05) is 0 Å². The van der Waals surface area contributed by atoms with Crippen LogP contribution in [0.2, 0.25) is 0 Å². The number of rotatable bonds is 1. The maximum atomic E-state index is 13.5. The molecule has 0 aromatic carbocycles. The molecule has 1 fully saturated rings. The maximum absolute atomic E-state index is 13.5. The molecular formula is C28H35N7O3S. The SMILES string of the molecule is CC(C)(C)c1ccc2c(n1)N1C[C@@H](CC[C@@H](c3ncccn3)Nc3cccc(n3)S(=O)(=O)NC2=O)CC1(C)C. The van der Waals surface area contributed by atoms with Crippen LogP contribution in [0.4, 0.5) is 11.6 Å². The van der Waals surface area contributed by atoms with E-state index in [9.17, 15) is 13.2 Å². The van der Waals surface area contributed by atoms with E-state index >= 15 is 0 Å². The van der Waals surface area contributed by atoms with Gasteiger partial charge in [-0.15, -0.1) is 0 Å². The molecular weight excluding hydrogens is 514 g/mol. The molecule has 0 saturated carbocycles. The van der Waals surface area contributed by atoms with Gasteiger partial charge in [0.25, 0.3) is 15.9 Å². The number of sulfonamides is 1. The molecule has 0 spiro atoms. The summed E-state index contributed by atoms with van der Waals surface area (Å²) in [6, 6.07) is 9.63. The van der Waals surface area contributed by atoms with E-state index in [0.717, 1.165) is 25.0 Å². The first-order valence-corrected chi connectivity index (χ1v) is 14.7. The quantitative estimate of drug-likeness (QED) is 0.458. The lowest BCUT2D eigenvalue weighted by Gasteiger charge is -2.34. The van der Waals surface area contributed by atoms with Crippen molar-refractivity contribution in [1.82, 2.24) is 24.7 Å². The molecule has 1 amide bonds. The van der Waals surface area contributed by atoms with Gasteiger partial charge in [-0.1, -0.05) is 26.8 Å². The molecule has 5 rings (SSSR count). The van der Waals surface area contributed by atoms with E-state index in [-0.39, 0.29) is 27.6 Å². The number of nitrogens with one attached hydrogen (secondary N) is 2. The zero-order valence-corrected chi connectivity index (χ0v) is 23.8. The zero-order chi connectivity index (χ0) is 28.0. The second kappa shape index (κ2) is 9.86. The fourth-order valence-electron chi connectivity index (χ4n) is 5.41. The Morgan fingerprint density at radius 3 is 2.46 bits per heavy atom. The Bertz CT molecular complexity index is 1490. The Kier molecular flexibility index (Phi) is 6.82. The summed E-state index contributed by atoms with van der Waals surface area (Å²) in [6.45, 7) is 11.2. The van der Waals surface area contributed by atoms with Crippen LogP contribution in [0.1, 0.15) is 81.8 Å². The molecule has 2 N–H and O–H groups in total. The van der Waals surface area contributed by atoms with Crippen molar-refractivity contribution in [3.8, 4) is 0 Å². The predicted octanol–water partition coefficient (Wildman–Crippen LogP) is 4.23. The third kappa shape index (κ3) is 5.59. The monoisotopic (exact) mass is 549 g/mol. The molecule has 10 nitrogen and oxygen atoms in total. The number of nitrogens with zero attached hydrogens (tertiary/aromatic N) is 5. The molecule has 3 aromatic rings. The van der Waals surface area contributed by atoms with Gasteiger partial charge in [0.15, 0.2) is 5.03 Å². The van der Waals surface area contributed by atoms with Crippen LogP contribution in [0.3, 0.4) is 0 Å². The van der Waals surface area contributed by atoms with Crippen molar-refractivity contribution in [1.29, 1.82) is 0 Å². The van der Waals surface area contributed by atoms with Crippen molar-refractivity contribution in [2.45, 2.75) is 75.9 Å². The van der Waals surface area contributed by atoms with Crippen molar-refractivity contribution < 1.29 is 13.2 Å². The summed E-state index contributed by atoms with van der Waals surface area (Å²) in [5.41, 5.74) is 0.502. The minimum atomic E-state index is -4.26. The van der Waals surface area contributed by atoms with Crippen LogP contribution in [0.15, 0.2) is 53.8 Å². The number of hydrogen-bond donors (Lipinski definition) is 2. The highest BCUT2D eigenvalue weighted by Crippen LogP contribution is 2.41. The number of amides is 1. The standard InChI is InChI=1S/C28H35N7O3S/c1-27(2,3)21-13-11-19-25(32-21)35-17-18(16-28(35,4)5)10-12-20(24-29-14-7-15-30-24)31-22-8-6-9-23(33-22)39(37,38)34-26(19)36/h6-9,11,13-15,18,20H,10,12,16-17H2,1-5H3,(H,31,33)(H,34,36)/t18-,20-/m0/s1. The first-order chi connectivity index (χ1) is 18.3. The molecule has 39 heavy (non-hydrogen) atoms. The van der Waals surface area contributed by atoms with E-state index in [2.05, 4.69) is 64.5 Å². The van der Waals surface area contributed by atoms with Gasteiger partial charge in [0, 0.05) is 35.6 Å². The van der Waals surface area contributed by atoms with Crippen molar-refractivity contribution in [2.24, 2.45) is 5.92 Å². The zero-order valence-electron chi connectivity index (χ0n) is 23.0. The molecule has 3 aromatic heterocycles. The Morgan fingerprint density at radius 2 is 1.74 bits per heavy atom. The van der Waals surface area contributed by atoms with Gasteiger partial charge in [0.1, 0.15) is 17.5 Å². The first-order valence-electron chi connectivity index (χ1n) is 13.2. The lowest BCUT2D eigenvalue weighted by Crippen LogP contribution is -2.41. The largest absolute Gasteiger partial charge is 0.360 e. The van der Waals surface area contributed by atoms with Crippen LogP contribution in [0, 0.1) is 5.92 Å². The van der Waals surface area contributed by atoms with E-state index in [4.69, 9.17) is 4.98 Å². The Balaban J connectivity index is 1.63. The van der Waals surface area contributed by atoms with Crippen molar-refractivity contribution >= 4 is 27.6 Å². The van der Waals surface area contributed by atoms with E-state index in [1.54, 1.807) is 42.7 Å². The third-order valence-corrected chi connectivity index (χ3v) is 8.64. The predicted molar refractivity (Wildman–Crippen MR) is 149 cm³/mol. The van der Waals surface area contributed by atoms with Crippen LogP contribution < -0.4 is 14.9 Å². The van der Waals surface area contributed by atoms with E-state index < -0.39 is 15.9 Å². The molecule has 0 aliphatic carbocycles. The maximum Gasteiger partial charge on any atom is 0.281 e. The number of pyridine rings is 2. The molecule has 0 radical (unpaired) electrons. The summed E-state index contributed by atoms with van der Waals surface area (Å²) in [6.07, 6.45) is 5.87. The van der Waals surface area contributed by atoms with Gasteiger partial charge in [0.05, 0.1) is 11.6 Å². The number of hydrogen-bond acceptors (Lipinski definition) is 9. The molecule has 0 unspecified atom stereocenters. The second-order valence-corrected chi connectivity index (χ2v) is 13.6. The van der Waals surface area contributed by atoms with Crippen LogP contribution in [-0.2, 0) is 15.4 Å². The molecule has 2 aliphatic rings. The Hall–Kier alpha value is -3.60. The van der Waals surface area contributed by atoms with Gasteiger partial charge >= 0.3 is 0 Å². The topological polar surface area (TPSA) is 130 Å². The highest BCUT2D eigenvalue weighted by Gasteiger charge is 2.41. The molecule has 2 atom stereocenters. The minimum absolute atomic E-state index is 0.222. The second-order valence-electron chi connectivity index (χ2n) is 12.0. The van der Waals surface area contributed by atoms with Gasteiger partial charge in [-0.3, -0.25) is 4.79 Å². The van der Waals surface area contributed by atoms with Crippen LogP contribution in [0.5, 0.6) is 0 Å². The van der Waals surface area contributed by atoms with Gasteiger partial charge in [0.2, 0.25) is 0 Å². The summed E-state index contributed by atoms with van der Waals surface area (Å²) >= 11 is 0. The van der Waals surface area contributed by atoms with Gasteiger partial charge in [-0.05, 0) is 69.4 Å². The van der Waals surface area contributed by atoms with Gasteiger partial charge in [-0.2, -0.15) is 8.42 Å². The average molecular weight is 550 g/mol. The summed E-state index contributed by atoms with van der Waals surface area (Å²) in [5.74, 6) is 1.06. The molecule has 11 heteroatoms. The lowest BCUT2D eigenvalue weighted by molar-refractivity contribution is 0.0981. The van der Waals surface area contributed by atoms with E-state index in [1.165, 1.54) is 6.07 Å². The van der Waals surface area contributed by atoms with Gasteiger partial charge in [-0.25, -0.2) is 24.7 Å². The Labute approximate surface area is 229 Å². The Morgan fingerprint density at radius 1 is 1.00 bits per heavy atom. The summed E-state index contributed by atoms with van der Waals surface area (Å²) in [7, 11) is -4.26. The van der Waals surface area contributed by atoms with Crippen LogP contribution in [-0.4, -0.2) is 46.3 Å². The minimum Gasteiger partial charge on any atom is -0.360 e. The summed E-state index contributed by atoms with van der Waals surface area (Å²) in [4.78, 5) is 33.9. The summed E-state index contributed by atoms with van der Waals surface area (Å²) < 4.78 is 28.8. The third-order valence-electron chi connectivity index (χ3n) is 7.41. The van der Waals surface area contributed by atoms with E-state index in [0.29, 0.717) is 29.9 Å². The highest BCUT2D eigenvalue weighted by molar-refractivity contribution is 7.90. The lowest BCUT2D eigenvalue weighted by atomic mass is 9.90. The van der Waals surface area contributed by atoms with Gasteiger partial charge < -0.3 is 10.2 Å². The number of aromatic nitrogens is 4. The normalized spacial score (nSPS) is 22.6. The fourth-order valence-corrected chi connectivity index (χ4v) is 6.35. The molecule has 4 bridgehead atoms. The van der Waals surface area contributed by atoms with Crippen molar-refractivity contribution in [2.75, 3.05) is 16.8 Å². The number of anilines is 2. The highest BCUT2D eigenvalue weighted by atomic mass is 32.2. The number of fused-ring (bicyclic) bond motifs is 6. The van der Waals surface area contributed by atoms with Crippen molar-refractivity contribution in [3.63, 3.8) is 0 Å². The number of carbonyl (C=O) groups excluding carboxylic acids is 1. The average Bonchev–Trinajstić information content (AvgIpc) is 3.19.